The lowest BCUT2D eigenvalue weighted by atomic mass is 10.1. The minimum Gasteiger partial charge on any atom is -0.480 e. The number of carboxylic acid groups (broad SMARTS) is 1. The Balaban J connectivity index is 2.87. The van der Waals surface area contributed by atoms with Gasteiger partial charge in [-0.15, -0.1) is 0 Å². The van der Waals surface area contributed by atoms with E-state index in [9.17, 15) is 34.2 Å². The van der Waals surface area contributed by atoms with Crippen LogP contribution in [0.3, 0.4) is 0 Å². The molecule has 0 spiro atoms. The number of carbonyl (C=O) groups is 5. The van der Waals surface area contributed by atoms with Gasteiger partial charge in [-0.25, -0.2) is 4.79 Å². The quantitative estimate of drug-likeness (QED) is 0.130. The van der Waals surface area contributed by atoms with Crippen LogP contribution in [-0.2, 0) is 30.4 Å². The van der Waals surface area contributed by atoms with Gasteiger partial charge in [-0.3, -0.25) is 19.2 Å². The predicted molar refractivity (Wildman–Crippen MR) is 121 cm³/mol. The summed E-state index contributed by atoms with van der Waals surface area (Å²) in [4.78, 5) is 59.9. The Morgan fingerprint density at radius 3 is 1.97 bits per heavy atom. The Morgan fingerprint density at radius 1 is 0.909 bits per heavy atom. The van der Waals surface area contributed by atoms with Crippen molar-refractivity contribution in [1.29, 1.82) is 0 Å². The van der Waals surface area contributed by atoms with Gasteiger partial charge in [0.25, 0.3) is 0 Å². The minimum atomic E-state index is -1.51. The van der Waals surface area contributed by atoms with Crippen LogP contribution in [0.5, 0.6) is 0 Å². The largest absolute Gasteiger partial charge is 0.480 e. The van der Waals surface area contributed by atoms with Crippen molar-refractivity contribution in [2.75, 3.05) is 12.4 Å². The zero-order valence-electron chi connectivity index (χ0n) is 17.8. The number of carbonyl (C=O) groups excluding carboxylic acids is 4. The number of aliphatic hydroxyl groups is 1. The van der Waals surface area contributed by atoms with Crippen LogP contribution in [0.1, 0.15) is 18.4 Å². The number of hydrogen-bond donors (Lipinski definition) is 8. The Bertz CT molecular complexity index is 839. The van der Waals surface area contributed by atoms with E-state index in [1.807, 2.05) is 0 Å². The summed E-state index contributed by atoms with van der Waals surface area (Å²) in [5, 5.41) is 25.9. The third-order valence-electron chi connectivity index (χ3n) is 4.56. The van der Waals surface area contributed by atoms with Crippen LogP contribution >= 0.6 is 12.6 Å². The maximum atomic E-state index is 12.6. The minimum absolute atomic E-state index is 0.00431. The smallest absolute Gasteiger partial charge is 0.326 e. The number of primary amides is 1. The van der Waals surface area contributed by atoms with E-state index in [0.29, 0.717) is 5.56 Å². The second-order valence-corrected chi connectivity index (χ2v) is 7.55. The standard InChI is InChI=1S/C20H29N5O7S/c21-12(10-33)17(28)23-13(6-7-16(22)27)18(29)25-15(9-26)19(30)24-14(20(31)32)8-11-4-2-1-3-5-11/h1-5,12-15,26,33H,6-10,21H2,(H2,22,27)(H,23,28)(H,24,30)(H,25,29)(H,31,32). The number of hydrogen-bond acceptors (Lipinski definition) is 8. The molecule has 12 nitrogen and oxygen atoms in total. The lowest BCUT2D eigenvalue weighted by Gasteiger charge is -2.24. The number of carboxylic acids is 1. The second-order valence-electron chi connectivity index (χ2n) is 7.19. The molecule has 0 fully saturated rings. The molecule has 0 radical (unpaired) electrons. The number of thiol groups is 1. The number of nitrogens with one attached hydrogen (secondary N) is 3. The van der Waals surface area contributed by atoms with E-state index in [1.54, 1.807) is 30.3 Å². The van der Waals surface area contributed by atoms with Crippen molar-refractivity contribution in [2.45, 2.75) is 43.4 Å². The van der Waals surface area contributed by atoms with Gasteiger partial charge >= 0.3 is 5.97 Å². The number of benzene rings is 1. The van der Waals surface area contributed by atoms with Crippen molar-refractivity contribution in [3.05, 3.63) is 35.9 Å². The van der Waals surface area contributed by atoms with Gasteiger partial charge < -0.3 is 37.6 Å². The van der Waals surface area contributed by atoms with Gasteiger partial charge in [-0.2, -0.15) is 12.6 Å². The molecular weight excluding hydrogens is 454 g/mol. The van der Waals surface area contributed by atoms with Gasteiger partial charge in [0.05, 0.1) is 12.6 Å². The highest BCUT2D eigenvalue weighted by Gasteiger charge is 2.30. The zero-order chi connectivity index (χ0) is 25.0. The van der Waals surface area contributed by atoms with Crippen LogP contribution in [0.2, 0.25) is 0 Å². The molecule has 0 aromatic heterocycles. The van der Waals surface area contributed by atoms with E-state index < -0.39 is 60.4 Å². The van der Waals surface area contributed by atoms with Crippen LogP contribution in [0, 0.1) is 0 Å². The van der Waals surface area contributed by atoms with E-state index in [2.05, 4.69) is 28.6 Å². The van der Waals surface area contributed by atoms with E-state index >= 15 is 0 Å². The molecule has 1 aromatic carbocycles. The van der Waals surface area contributed by atoms with Gasteiger partial charge in [0.15, 0.2) is 0 Å². The van der Waals surface area contributed by atoms with Crippen molar-refractivity contribution in [3.63, 3.8) is 0 Å². The third kappa shape index (κ3) is 9.89. The molecule has 0 aliphatic heterocycles. The van der Waals surface area contributed by atoms with Crippen molar-refractivity contribution >= 4 is 42.2 Å². The van der Waals surface area contributed by atoms with Crippen molar-refractivity contribution in [2.24, 2.45) is 11.5 Å². The Labute approximate surface area is 195 Å². The first kappa shape index (κ1) is 27.9. The van der Waals surface area contributed by atoms with Crippen LogP contribution in [0.25, 0.3) is 0 Å². The van der Waals surface area contributed by atoms with Gasteiger partial charge in [-0.05, 0) is 12.0 Å². The monoisotopic (exact) mass is 483 g/mol. The normalized spacial score (nSPS) is 14.3. The maximum Gasteiger partial charge on any atom is 0.326 e. The average Bonchev–Trinajstić information content (AvgIpc) is 2.78. The Hall–Kier alpha value is -3.16. The number of nitrogens with two attached hydrogens (primary N) is 2. The second kappa shape index (κ2) is 14.1. The summed E-state index contributed by atoms with van der Waals surface area (Å²) in [6.45, 7) is -0.845. The van der Waals surface area contributed by atoms with Gasteiger partial charge in [0.1, 0.15) is 18.1 Å². The summed E-state index contributed by atoms with van der Waals surface area (Å²) in [6.07, 6.45) is -0.451. The fourth-order valence-electron chi connectivity index (χ4n) is 2.71. The number of aliphatic hydroxyl groups excluding tert-OH is 1. The van der Waals surface area contributed by atoms with Gasteiger partial charge in [0, 0.05) is 18.6 Å². The number of aliphatic carboxylic acids is 1. The summed E-state index contributed by atoms with van der Waals surface area (Å²) in [5.41, 5.74) is 11.3. The molecule has 0 bridgehead atoms. The highest BCUT2D eigenvalue weighted by Crippen LogP contribution is 2.05. The molecule has 33 heavy (non-hydrogen) atoms. The highest BCUT2D eigenvalue weighted by molar-refractivity contribution is 7.80. The topological polar surface area (TPSA) is 214 Å². The maximum absolute atomic E-state index is 12.6. The molecule has 4 atom stereocenters. The zero-order valence-corrected chi connectivity index (χ0v) is 18.7. The summed E-state index contributed by atoms with van der Waals surface area (Å²) >= 11 is 3.90. The summed E-state index contributed by atoms with van der Waals surface area (Å²) in [5.74, 6) is -4.57. The highest BCUT2D eigenvalue weighted by atomic mass is 32.1. The molecule has 1 rings (SSSR count). The molecule has 182 valence electrons. The van der Waals surface area contributed by atoms with E-state index in [1.165, 1.54) is 0 Å². The van der Waals surface area contributed by atoms with E-state index in [0.717, 1.165) is 0 Å². The molecular formula is C20H29N5O7S. The SMILES string of the molecule is NC(=O)CCC(NC(=O)C(N)CS)C(=O)NC(CO)C(=O)NC(Cc1ccccc1)C(=O)O. The lowest BCUT2D eigenvalue weighted by Crippen LogP contribution is -2.58. The van der Waals surface area contributed by atoms with Gasteiger partial charge in [0.2, 0.25) is 23.6 Å². The molecule has 13 heteroatoms. The van der Waals surface area contributed by atoms with Crippen LogP contribution in [0.15, 0.2) is 30.3 Å². The molecule has 4 unspecified atom stereocenters. The summed E-state index contributed by atoms with van der Waals surface area (Å²) < 4.78 is 0. The first-order valence-electron chi connectivity index (χ1n) is 10.0. The molecule has 0 aliphatic rings. The van der Waals surface area contributed by atoms with Crippen LogP contribution in [0.4, 0.5) is 0 Å². The Morgan fingerprint density at radius 2 is 1.45 bits per heavy atom. The predicted octanol–water partition coefficient (Wildman–Crippen LogP) is -2.72. The van der Waals surface area contributed by atoms with E-state index in [4.69, 9.17) is 11.5 Å². The van der Waals surface area contributed by atoms with Crippen LogP contribution < -0.4 is 27.4 Å². The molecule has 0 heterocycles. The molecule has 0 aliphatic carbocycles. The lowest BCUT2D eigenvalue weighted by molar-refractivity contribution is -0.142. The number of amides is 4. The average molecular weight is 484 g/mol. The number of rotatable bonds is 14. The van der Waals surface area contributed by atoms with Gasteiger partial charge in [-0.1, -0.05) is 30.3 Å². The first-order valence-corrected chi connectivity index (χ1v) is 10.7. The molecule has 4 amide bonds. The molecule has 0 saturated carbocycles. The van der Waals surface area contributed by atoms with Crippen LogP contribution in [-0.4, -0.2) is 76.3 Å². The Kier molecular flexibility index (Phi) is 11.9. The van der Waals surface area contributed by atoms with Crippen molar-refractivity contribution in [1.82, 2.24) is 16.0 Å². The van der Waals surface area contributed by atoms with Crippen molar-refractivity contribution in [3.8, 4) is 0 Å². The fraction of sp³-hybridized carbons (Fsp3) is 0.450. The molecule has 1 aromatic rings. The van der Waals surface area contributed by atoms with Crippen molar-refractivity contribution < 1.29 is 34.2 Å². The summed E-state index contributed by atoms with van der Waals surface area (Å²) in [7, 11) is 0. The summed E-state index contributed by atoms with van der Waals surface area (Å²) in [6, 6.07) is 3.43. The molecule has 9 N–H and O–H groups in total. The van der Waals surface area contributed by atoms with E-state index in [-0.39, 0.29) is 25.0 Å². The fourth-order valence-corrected chi connectivity index (χ4v) is 2.87. The third-order valence-corrected chi connectivity index (χ3v) is 4.95. The first-order chi connectivity index (χ1) is 15.6. The molecule has 0 saturated heterocycles.